The highest BCUT2D eigenvalue weighted by Gasteiger charge is 2.14. The Morgan fingerprint density at radius 3 is 2.56 bits per heavy atom. The first-order valence-corrected chi connectivity index (χ1v) is 7.25. The summed E-state index contributed by atoms with van der Waals surface area (Å²) in [7, 11) is 0. The van der Waals surface area contributed by atoms with Crippen LogP contribution in [0.2, 0.25) is 0 Å². The molecule has 25 heavy (non-hydrogen) atoms. The molecule has 0 aliphatic carbocycles. The van der Waals surface area contributed by atoms with E-state index in [1.54, 1.807) is 24.3 Å². The number of amides is 2. The van der Waals surface area contributed by atoms with Crippen molar-refractivity contribution in [3.05, 3.63) is 59.9 Å². The van der Waals surface area contributed by atoms with E-state index in [4.69, 9.17) is 5.73 Å². The van der Waals surface area contributed by atoms with Gasteiger partial charge in [0.15, 0.2) is 0 Å². The Morgan fingerprint density at radius 1 is 1.12 bits per heavy atom. The summed E-state index contributed by atoms with van der Waals surface area (Å²) in [5.74, 6) is -1.19. The van der Waals surface area contributed by atoms with E-state index in [0.29, 0.717) is 16.8 Å². The fraction of sp³-hybridized carbons (Fsp3) is 0.0625. The minimum absolute atomic E-state index is 0.197. The Hall–Kier alpha value is -3.62. The van der Waals surface area contributed by atoms with Crippen molar-refractivity contribution < 1.29 is 14.0 Å². The second kappa shape index (κ2) is 6.87. The lowest BCUT2D eigenvalue weighted by atomic mass is 10.1. The number of tetrazole rings is 1. The summed E-state index contributed by atoms with van der Waals surface area (Å²) in [6, 6.07) is 12.0. The molecular weight excluding hydrogens is 327 g/mol. The fourth-order valence-electron chi connectivity index (χ4n) is 2.14. The Bertz CT molecular complexity index is 922. The number of anilines is 1. The quantitative estimate of drug-likeness (QED) is 0.724. The van der Waals surface area contributed by atoms with Crippen LogP contribution in [-0.4, -0.2) is 32.0 Å². The van der Waals surface area contributed by atoms with Gasteiger partial charge >= 0.3 is 0 Å². The average molecular weight is 340 g/mol. The van der Waals surface area contributed by atoms with Crippen LogP contribution >= 0.6 is 0 Å². The lowest BCUT2D eigenvalue weighted by molar-refractivity contribution is -0.118. The molecule has 0 bridgehead atoms. The zero-order chi connectivity index (χ0) is 17.8. The molecule has 0 radical (unpaired) electrons. The predicted octanol–water partition coefficient (Wildman–Crippen LogP) is 1.22. The Balaban J connectivity index is 1.86. The molecule has 0 saturated heterocycles. The zero-order valence-electron chi connectivity index (χ0n) is 12.9. The Morgan fingerprint density at radius 2 is 1.84 bits per heavy atom. The normalized spacial score (nSPS) is 10.4. The highest BCUT2D eigenvalue weighted by atomic mass is 19.1. The van der Waals surface area contributed by atoms with Crippen LogP contribution in [0.15, 0.2) is 48.5 Å². The topological polar surface area (TPSA) is 116 Å². The summed E-state index contributed by atoms with van der Waals surface area (Å²) in [6.45, 7) is -0.197. The van der Waals surface area contributed by atoms with E-state index in [1.165, 1.54) is 24.3 Å². The third-order valence-corrected chi connectivity index (χ3v) is 3.27. The minimum atomic E-state index is -0.596. The van der Waals surface area contributed by atoms with Gasteiger partial charge in [-0.05, 0) is 41.6 Å². The number of nitrogens with zero attached hydrogens (tertiary/aromatic N) is 4. The molecule has 0 aliphatic rings. The molecule has 9 heteroatoms. The molecular formula is C16H13FN6O2. The van der Waals surface area contributed by atoms with E-state index >= 15 is 0 Å². The molecule has 0 aliphatic heterocycles. The van der Waals surface area contributed by atoms with Crippen LogP contribution in [0.1, 0.15) is 10.4 Å². The van der Waals surface area contributed by atoms with Gasteiger partial charge in [-0.1, -0.05) is 12.1 Å². The monoisotopic (exact) mass is 340 g/mol. The number of hydrogen-bond acceptors (Lipinski definition) is 5. The van der Waals surface area contributed by atoms with Gasteiger partial charge in [-0.2, -0.15) is 4.80 Å². The van der Waals surface area contributed by atoms with Crippen molar-refractivity contribution in [2.45, 2.75) is 6.54 Å². The SMILES string of the molecule is NC(=O)Cn1nnc(-c2ccccc2NC(=O)c2ccc(F)cc2)n1. The number of para-hydroxylation sites is 1. The van der Waals surface area contributed by atoms with Crippen LogP contribution in [0.5, 0.6) is 0 Å². The molecule has 0 unspecified atom stereocenters. The summed E-state index contributed by atoms with van der Waals surface area (Å²) in [5, 5.41) is 14.4. The minimum Gasteiger partial charge on any atom is -0.368 e. The van der Waals surface area contributed by atoms with Gasteiger partial charge in [0.25, 0.3) is 5.91 Å². The van der Waals surface area contributed by atoms with Crippen LogP contribution in [0.4, 0.5) is 10.1 Å². The van der Waals surface area contributed by atoms with Gasteiger partial charge in [0.1, 0.15) is 12.4 Å². The van der Waals surface area contributed by atoms with Crippen LogP contribution in [0.25, 0.3) is 11.4 Å². The molecule has 2 amide bonds. The molecule has 8 nitrogen and oxygen atoms in total. The summed E-state index contributed by atoms with van der Waals surface area (Å²) in [4.78, 5) is 24.3. The fourth-order valence-corrected chi connectivity index (χ4v) is 2.14. The van der Waals surface area contributed by atoms with Crippen molar-refractivity contribution in [3.63, 3.8) is 0 Å². The van der Waals surface area contributed by atoms with E-state index in [1.807, 2.05) is 0 Å². The van der Waals surface area contributed by atoms with Gasteiger partial charge in [-0.3, -0.25) is 9.59 Å². The zero-order valence-corrected chi connectivity index (χ0v) is 12.9. The van der Waals surface area contributed by atoms with E-state index in [-0.39, 0.29) is 12.4 Å². The molecule has 3 rings (SSSR count). The number of benzene rings is 2. The third-order valence-electron chi connectivity index (χ3n) is 3.27. The van der Waals surface area contributed by atoms with E-state index in [9.17, 15) is 14.0 Å². The number of halogens is 1. The van der Waals surface area contributed by atoms with Gasteiger partial charge in [-0.25, -0.2) is 4.39 Å². The van der Waals surface area contributed by atoms with Crippen LogP contribution in [0, 0.1) is 5.82 Å². The summed E-state index contributed by atoms with van der Waals surface area (Å²) in [5.41, 5.74) is 6.38. The first-order chi connectivity index (χ1) is 12.0. The number of aromatic nitrogens is 4. The maximum Gasteiger partial charge on any atom is 0.255 e. The van der Waals surface area contributed by atoms with Crippen LogP contribution in [-0.2, 0) is 11.3 Å². The van der Waals surface area contributed by atoms with Gasteiger partial charge in [0.05, 0.1) is 5.69 Å². The van der Waals surface area contributed by atoms with Crippen LogP contribution in [0.3, 0.4) is 0 Å². The number of carbonyl (C=O) groups is 2. The van der Waals surface area contributed by atoms with E-state index in [2.05, 4.69) is 20.7 Å². The molecule has 3 N–H and O–H groups in total. The molecule has 0 atom stereocenters. The standard InChI is InChI=1S/C16H13FN6O2/c17-11-7-5-10(6-8-11)16(25)19-13-4-2-1-3-12(13)15-20-22-23(21-15)9-14(18)24/h1-8H,9H2,(H2,18,24)(H,19,25). The first-order valence-electron chi connectivity index (χ1n) is 7.25. The number of hydrogen-bond donors (Lipinski definition) is 2. The van der Waals surface area contributed by atoms with Crippen molar-refractivity contribution in [1.29, 1.82) is 0 Å². The van der Waals surface area contributed by atoms with Crippen molar-refractivity contribution >= 4 is 17.5 Å². The van der Waals surface area contributed by atoms with Gasteiger partial charge < -0.3 is 11.1 Å². The van der Waals surface area contributed by atoms with Gasteiger partial charge in [-0.15, -0.1) is 10.2 Å². The molecule has 0 saturated carbocycles. The van der Waals surface area contributed by atoms with E-state index in [0.717, 1.165) is 4.80 Å². The third kappa shape index (κ3) is 3.83. The molecule has 0 spiro atoms. The molecule has 2 aromatic carbocycles. The lowest BCUT2D eigenvalue weighted by Gasteiger charge is -2.08. The van der Waals surface area contributed by atoms with Crippen molar-refractivity contribution in [3.8, 4) is 11.4 Å². The van der Waals surface area contributed by atoms with E-state index < -0.39 is 17.6 Å². The van der Waals surface area contributed by atoms with Crippen molar-refractivity contribution in [1.82, 2.24) is 20.2 Å². The summed E-state index contributed by atoms with van der Waals surface area (Å²) < 4.78 is 13.0. The number of nitrogens with one attached hydrogen (secondary N) is 1. The highest BCUT2D eigenvalue weighted by Crippen LogP contribution is 2.24. The Kier molecular flexibility index (Phi) is 4.46. The number of primary amides is 1. The smallest absolute Gasteiger partial charge is 0.255 e. The Labute approximate surface area is 141 Å². The van der Waals surface area contributed by atoms with Crippen LogP contribution < -0.4 is 11.1 Å². The van der Waals surface area contributed by atoms with Crippen molar-refractivity contribution in [2.24, 2.45) is 5.73 Å². The predicted molar refractivity (Wildman–Crippen MR) is 86.8 cm³/mol. The number of carbonyl (C=O) groups excluding carboxylic acids is 2. The van der Waals surface area contributed by atoms with Crippen molar-refractivity contribution in [2.75, 3.05) is 5.32 Å². The molecule has 126 valence electrons. The largest absolute Gasteiger partial charge is 0.368 e. The average Bonchev–Trinajstić information content (AvgIpc) is 3.03. The number of rotatable bonds is 5. The second-order valence-corrected chi connectivity index (χ2v) is 5.12. The molecule has 0 fully saturated rings. The number of nitrogens with two attached hydrogens (primary N) is 1. The molecule has 3 aromatic rings. The summed E-state index contributed by atoms with van der Waals surface area (Å²) in [6.07, 6.45) is 0. The molecule has 1 aromatic heterocycles. The second-order valence-electron chi connectivity index (χ2n) is 5.12. The highest BCUT2D eigenvalue weighted by molar-refractivity contribution is 6.06. The van der Waals surface area contributed by atoms with Gasteiger partial charge in [0, 0.05) is 11.1 Å². The maximum absolute atomic E-state index is 13.0. The molecule has 1 heterocycles. The first kappa shape index (κ1) is 16.2. The summed E-state index contributed by atoms with van der Waals surface area (Å²) >= 11 is 0. The van der Waals surface area contributed by atoms with Gasteiger partial charge in [0.2, 0.25) is 11.7 Å². The lowest BCUT2D eigenvalue weighted by Crippen LogP contribution is -2.20. The maximum atomic E-state index is 13.0.